The average Bonchev–Trinajstić information content (AvgIpc) is 2.38. The Labute approximate surface area is 95.6 Å². The Kier molecular flexibility index (Phi) is 2.90. The molecule has 1 aliphatic rings. The number of benzene rings is 1. The standard InChI is InChI=1S/C11H15NO3S/c1-16(14,15)12-8-4-7-11(13)9-5-2-3-6-10(9)12/h2-3,5-6,11,13H,4,7-8H2,1H3. The van der Waals surface area contributed by atoms with E-state index in [1.54, 1.807) is 18.2 Å². The fourth-order valence-corrected chi connectivity index (χ4v) is 3.03. The molecule has 1 atom stereocenters. The first-order valence-electron chi connectivity index (χ1n) is 5.25. The molecule has 16 heavy (non-hydrogen) atoms. The monoisotopic (exact) mass is 241 g/mol. The van der Waals surface area contributed by atoms with E-state index < -0.39 is 16.1 Å². The van der Waals surface area contributed by atoms with E-state index in [0.29, 0.717) is 30.6 Å². The third kappa shape index (κ3) is 2.05. The van der Waals surface area contributed by atoms with Gasteiger partial charge in [-0.25, -0.2) is 8.42 Å². The van der Waals surface area contributed by atoms with Crippen LogP contribution in [0.2, 0.25) is 0 Å². The SMILES string of the molecule is CS(=O)(=O)N1CCCC(O)c2ccccc21. The van der Waals surface area contributed by atoms with Crippen LogP contribution in [0, 0.1) is 0 Å². The number of aliphatic hydroxyl groups excluding tert-OH is 1. The predicted molar refractivity (Wildman–Crippen MR) is 62.8 cm³/mol. The van der Waals surface area contributed by atoms with Gasteiger partial charge < -0.3 is 5.11 Å². The molecule has 88 valence electrons. The van der Waals surface area contributed by atoms with Crippen LogP contribution in [0.5, 0.6) is 0 Å². The molecule has 1 aliphatic heterocycles. The van der Waals surface area contributed by atoms with Crippen molar-refractivity contribution >= 4 is 15.7 Å². The number of rotatable bonds is 1. The lowest BCUT2D eigenvalue weighted by Crippen LogP contribution is -2.30. The highest BCUT2D eigenvalue weighted by Gasteiger charge is 2.25. The number of para-hydroxylation sites is 1. The van der Waals surface area contributed by atoms with Crippen LogP contribution in [-0.2, 0) is 10.0 Å². The molecule has 1 N–H and O–H groups in total. The predicted octanol–water partition coefficient (Wildman–Crippen LogP) is 1.28. The molecule has 2 rings (SSSR count). The van der Waals surface area contributed by atoms with Gasteiger partial charge in [0.15, 0.2) is 0 Å². The van der Waals surface area contributed by atoms with E-state index in [0.717, 1.165) is 0 Å². The molecule has 1 unspecified atom stereocenters. The minimum Gasteiger partial charge on any atom is -0.388 e. The number of anilines is 1. The third-order valence-corrected chi connectivity index (χ3v) is 3.98. The highest BCUT2D eigenvalue weighted by molar-refractivity contribution is 7.92. The second kappa shape index (κ2) is 4.07. The van der Waals surface area contributed by atoms with Crippen LogP contribution in [-0.4, -0.2) is 26.3 Å². The van der Waals surface area contributed by atoms with Crippen LogP contribution < -0.4 is 4.31 Å². The molecule has 0 saturated heterocycles. The summed E-state index contributed by atoms with van der Waals surface area (Å²) in [5.41, 5.74) is 1.31. The Balaban J connectivity index is 2.56. The van der Waals surface area contributed by atoms with Gasteiger partial charge in [-0.3, -0.25) is 4.31 Å². The normalized spacial score (nSPS) is 21.4. The summed E-state index contributed by atoms with van der Waals surface area (Å²) in [6.07, 6.45) is 1.90. The molecular weight excluding hydrogens is 226 g/mol. The zero-order chi connectivity index (χ0) is 11.8. The first kappa shape index (κ1) is 11.4. The molecule has 0 saturated carbocycles. The summed E-state index contributed by atoms with van der Waals surface area (Å²) >= 11 is 0. The van der Waals surface area contributed by atoms with Crippen molar-refractivity contribution in [3.05, 3.63) is 29.8 Å². The van der Waals surface area contributed by atoms with Gasteiger partial charge in [-0.1, -0.05) is 18.2 Å². The Bertz CT molecular complexity index is 484. The Morgan fingerprint density at radius 3 is 2.75 bits per heavy atom. The largest absolute Gasteiger partial charge is 0.388 e. The summed E-state index contributed by atoms with van der Waals surface area (Å²) in [5, 5.41) is 9.90. The summed E-state index contributed by atoms with van der Waals surface area (Å²) in [6.45, 7) is 0.437. The summed E-state index contributed by atoms with van der Waals surface area (Å²) in [7, 11) is -3.26. The highest BCUT2D eigenvalue weighted by atomic mass is 32.2. The molecular formula is C11H15NO3S. The molecule has 0 aliphatic carbocycles. The second-order valence-corrected chi connectivity index (χ2v) is 5.96. The fraction of sp³-hybridized carbons (Fsp3) is 0.455. The molecule has 5 heteroatoms. The number of aliphatic hydroxyl groups is 1. The maximum atomic E-state index is 11.7. The quantitative estimate of drug-likeness (QED) is 0.805. The third-order valence-electron chi connectivity index (χ3n) is 2.80. The minimum atomic E-state index is -3.26. The zero-order valence-corrected chi connectivity index (χ0v) is 9.94. The van der Waals surface area contributed by atoms with Crippen molar-refractivity contribution in [1.82, 2.24) is 0 Å². The van der Waals surface area contributed by atoms with Crippen molar-refractivity contribution in [3.8, 4) is 0 Å². The van der Waals surface area contributed by atoms with Crippen LogP contribution in [0.15, 0.2) is 24.3 Å². The molecule has 0 amide bonds. The van der Waals surface area contributed by atoms with E-state index in [9.17, 15) is 13.5 Å². The maximum Gasteiger partial charge on any atom is 0.232 e. The topological polar surface area (TPSA) is 57.6 Å². The molecule has 4 nitrogen and oxygen atoms in total. The maximum absolute atomic E-state index is 11.7. The van der Waals surface area contributed by atoms with Crippen molar-refractivity contribution < 1.29 is 13.5 Å². The van der Waals surface area contributed by atoms with Crippen molar-refractivity contribution in [1.29, 1.82) is 0 Å². The second-order valence-electron chi connectivity index (χ2n) is 4.05. The van der Waals surface area contributed by atoms with E-state index in [4.69, 9.17) is 0 Å². The van der Waals surface area contributed by atoms with Gasteiger partial charge in [-0.05, 0) is 18.9 Å². The van der Waals surface area contributed by atoms with E-state index in [1.165, 1.54) is 10.6 Å². The fourth-order valence-electron chi connectivity index (χ4n) is 2.05. The Morgan fingerprint density at radius 1 is 1.38 bits per heavy atom. The molecule has 0 fully saturated rings. The smallest absolute Gasteiger partial charge is 0.232 e. The van der Waals surface area contributed by atoms with Gasteiger partial charge in [0.1, 0.15) is 0 Å². The van der Waals surface area contributed by atoms with Crippen LogP contribution in [0.3, 0.4) is 0 Å². The van der Waals surface area contributed by atoms with Crippen LogP contribution in [0.4, 0.5) is 5.69 Å². The van der Waals surface area contributed by atoms with Gasteiger partial charge in [0, 0.05) is 12.1 Å². The molecule has 0 radical (unpaired) electrons. The molecule has 0 aromatic heterocycles. The lowest BCUT2D eigenvalue weighted by molar-refractivity contribution is 0.168. The Hall–Kier alpha value is -1.07. The van der Waals surface area contributed by atoms with Gasteiger partial charge in [0.2, 0.25) is 10.0 Å². The average molecular weight is 241 g/mol. The summed E-state index contributed by atoms with van der Waals surface area (Å²) in [6, 6.07) is 7.12. The summed E-state index contributed by atoms with van der Waals surface area (Å²) in [4.78, 5) is 0. The molecule has 0 spiro atoms. The summed E-state index contributed by atoms with van der Waals surface area (Å²) < 4.78 is 24.7. The van der Waals surface area contributed by atoms with E-state index in [2.05, 4.69) is 0 Å². The van der Waals surface area contributed by atoms with E-state index in [1.807, 2.05) is 6.07 Å². The van der Waals surface area contributed by atoms with Crippen LogP contribution in [0.1, 0.15) is 24.5 Å². The highest BCUT2D eigenvalue weighted by Crippen LogP contribution is 2.33. The van der Waals surface area contributed by atoms with Gasteiger partial charge in [-0.2, -0.15) is 0 Å². The van der Waals surface area contributed by atoms with Crippen LogP contribution >= 0.6 is 0 Å². The number of nitrogens with zero attached hydrogens (tertiary/aromatic N) is 1. The van der Waals surface area contributed by atoms with E-state index in [-0.39, 0.29) is 0 Å². The van der Waals surface area contributed by atoms with Gasteiger partial charge in [0.05, 0.1) is 18.0 Å². The zero-order valence-electron chi connectivity index (χ0n) is 9.13. The number of sulfonamides is 1. The van der Waals surface area contributed by atoms with E-state index >= 15 is 0 Å². The summed E-state index contributed by atoms with van der Waals surface area (Å²) in [5.74, 6) is 0. The first-order chi connectivity index (χ1) is 7.50. The van der Waals surface area contributed by atoms with Gasteiger partial charge >= 0.3 is 0 Å². The van der Waals surface area contributed by atoms with Crippen molar-refractivity contribution in [2.45, 2.75) is 18.9 Å². The molecule has 1 aromatic rings. The van der Waals surface area contributed by atoms with Crippen molar-refractivity contribution in [3.63, 3.8) is 0 Å². The minimum absolute atomic E-state index is 0.437. The van der Waals surface area contributed by atoms with Crippen molar-refractivity contribution in [2.24, 2.45) is 0 Å². The number of fused-ring (bicyclic) bond motifs is 1. The van der Waals surface area contributed by atoms with Gasteiger partial charge in [-0.15, -0.1) is 0 Å². The number of hydrogen-bond acceptors (Lipinski definition) is 3. The molecule has 1 aromatic carbocycles. The lowest BCUT2D eigenvalue weighted by atomic mass is 10.1. The lowest BCUT2D eigenvalue weighted by Gasteiger charge is -2.22. The van der Waals surface area contributed by atoms with Gasteiger partial charge in [0.25, 0.3) is 0 Å². The number of hydrogen-bond donors (Lipinski definition) is 1. The molecule has 1 heterocycles. The Morgan fingerprint density at radius 2 is 2.06 bits per heavy atom. The van der Waals surface area contributed by atoms with Crippen molar-refractivity contribution in [2.75, 3.05) is 17.1 Å². The first-order valence-corrected chi connectivity index (χ1v) is 7.09. The molecule has 0 bridgehead atoms. The van der Waals surface area contributed by atoms with Crippen LogP contribution in [0.25, 0.3) is 0 Å².